The first-order chi connectivity index (χ1) is 5.84. The molecule has 1 aliphatic rings. The molecule has 72 valence electrons. The molecule has 1 heterocycles. The average Bonchev–Trinajstić information content (AvgIpc) is 2.15. The molecule has 1 saturated heterocycles. The van der Waals surface area contributed by atoms with Gasteiger partial charge in [0, 0.05) is 19.6 Å². The standard InChI is InChI=1S/C8H18N2O2/c1-8(12-5-2-9)10-3-6-11-7-4-10/h8H,2-7,9H2,1H3. The van der Waals surface area contributed by atoms with Crippen LogP contribution in [-0.2, 0) is 9.47 Å². The van der Waals surface area contributed by atoms with Crippen LogP contribution in [0.1, 0.15) is 6.92 Å². The number of hydrogen-bond acceptors (Lipinski definition) is 4. The first kappa shape index (κ1) is 9.92. The summed E-state index contributed by atoms with van der Waals surface area (Å²) in [5, 5.41) is 0. The van der Waals surface area contributed by atoms with Gasteiger partial charge >= 0.3 is 0 Å². The highest BCUT2D eigenvalue weighted by molar-refractivity contribution is 4.63. The second-order valence-electron chi connectivity index (χ2n) is 2.91. The number of morpholine rings is 1. The number of rotatable bonds is 4. The van der Waals surface area contributed by atoms with E-state index in [0.717, 1.165) is 26.3 Å². The minimum Gasteiger partial charge on any atom is -0.379 e. The van der Waals surface area contributed by atoms with Gasteiger partial charge in [0.25, 0.3) is 0 Å². The van der Waals surface area contributed by atoms with Crippen molar-refractivity contribution in [2.24, 2.45) is 5.73 Å². The number of hydrogen-bond donors (Lipinski definition) is 1. The molecule has 4 nitrogen and oxygen atoms in total. The first-order valence-corrected chi connectivity index (χ1v) is 4.48. The topological polar surface area (TPSA) is 47.7 Å². The fourth-order valence-electron chi connectivity index (χ4n) is 1.29. The van der Waals surface area contributed by atoms with Crippen LogP contribution >= 0.6 is 0 Å². The Hall–Kier alpha value is -0.160. The Kier molecular flexibility index (Phi) is 4.53. The summed E-state index contributed by atoms with van der Waals surface area (Å²) < 4.78 is 10.7. The molecule has 1 aliphatic heterocycles. The molecule has 4 heteroatoms. The van der Waals surface area contributed by atoms with Crippen molar-refractivity contribution >= 4 is 0 Å². The third kappa shape index (κ3) is 3.06. The molecule has 12 heavy (non-hydrogen) atoms. The van der Waals surface area contributed by atoms with E-state index >= 15 is 0 Å². The summed E-state index contributed by atoms with van der Waals surface area (Å²) >= 11 is 0. The molecule has 0 saturated carbocycles. The maximum absolute atomic E-state index is 5.48. The highest BCUT2D eigenvalue weighted by Crippen LogP contribution is 2.03. The summed E-state index contributed by atoms with van der Waals surface area (Å²) in [6.45, 7) is 6.85. The van der Waals surface area contributed by atoms with Gasteiger partial charge in [0.05, 0.1) is 19.8 Å². The summed E-state index contributed by atoms with van der Waals surface area (Å²) in [6.07, 6.45) is 0.178. The lowest BCUT2D eigenvalue weighted by Crippen LogP contribution is -2.43. The third-order valence-electron chi connectivity index (χ3n) is 2.04. The van der Waals surface area contributed by atoms with Crippen LogP contribution in [0.25, 0.3) is 0 Å². The van der Waals surface area contributed by atoms with Crippen LogP contribution in [0.3, 0.4) is 0 Å². The monoisotopic (exact) mass is 174 g/mol. The second-order valence-corrected chi connectivity index (χ2v) is 2.91. The van der Waals surface area contributed by atoms with Crippen molar-refractivity contribution in [3.63, 3.8) is 0 Å². The van der Waals surface area contributed by atoms with Gasteiger partial charge in [-0.2, -0.15) is 0 Å². The van der Waals surface area contributed by atoms with Gasteiger partial charge in [0.15, 0.2) is 0 Å². The van der Waals surface area contributed by atoms with Crippen molar-refractivity contribution in [2.45, 2.75) is 13.2 Å². The van der Waals surface area contributed by atoms with Gasteiger partial charge in [-0.25, -0.2) is 0 Å². The predicted molar refractivity (Wildman–Crippen MR) is 46.9 cm³/mol. The third-order valence-corrected chi connectivity index (χ3v) is 2.04. The fraction of sp³-hybridized carbons (Fsp3) is 1.00. The Bertz CT molecular complexity index is 116. The Morgan fingerprint density at radius 2 is 2.17 bits per heavy atom. The molecule has 0 amide bonds. The van der Waals surface area contributed by atoms with Gasteiger partial charge in [-0.1, -0.05) is 0 Å². The predicted octanol–water partition coefficient (Wildman–Crippen LogP) is -0.360. The highest BCUT2D eigenvalue weighted by atomic mass is 16.5. The average molecular weight is 174 g/mol. The Morgan fingerprint density at radius 1 is 1.50 bits per heavy atom. The van der Waals surface area contributed by atoms with Gasteiger partial charge in [-0.05, 0) is 6.92 Å². The quantitative estimate of drug-likeness (QED) is 0.632. The van der Waals surface area contributed by atoms with Crippen LogP contribution in [0.2, 0.25) is 0 Å². The minimum absolute atomic E-state index is 0.178. The fourth-order valence-corrected chi connectivity index (χ4v) is 1.29. The lowest BCUT2D eigenvalue weighted by Gasteiger charge is -2.31. The lowest BCUT2D eigenvalue weighted by atomic mass is 10.4. The van der Waals surface area contributed by atoms with E-state index < -0.39 is 0 Å². The number of ether oxygens (including phenoxy) is 2. The summed E-state index contributed by atoms with van der Waals surface area (Å²) in [5.74, 6) is 0. The number of nitrogens with zero attached hydrogens (tertiary/aromatic N) is 1. The van der Waals surface area contributed by atoms with Crippen LogP contribution in [0.4, 0.5) is 0 Å². The molecule has 0 aromatic carbocycles. The molecule has 0 bridgehead atoms. The zero-order valence-corrected chi connectivity index (χ0v) is 7.66. The maximum Gasteiger partial charge on any atom is 0.107 e. The SMILES string of the molecule is CC(OCCN)N1CCOCC1. The molecule has 1 atom stereocenters. The van der Waals surface area contributed by atoms with Gasteiger partial charge in [0.2, 0.25) is 0 Å². The van der Waals surface area contributed by atoms with Crippen LogP contribution in [0, 0.1) is 0 Å². The Labute approximate surface area is 73.6 Å². The van der Waals surface area contributed by atoms with E-state index in [1.54, 1.807) is 0 Å². The largest absolute Gasteiger partial charge is 0.379 e. The van der Waals surface area contributed by atoms with Crippen LogP contribution in [0.15, 0.2) is 0 Å². The van der Waals surface area contributed by atoms with Crippen molar-refractivity contribution in [1.82, 2.24) is 4.90 Å². The van der Waals surface area contributed by atoms with E-state index in [0.29, 0.717) is 13.2 Å². The van der Waals surface area contributed by atoms with Crippen LogP contribution < -0.4 is 5.73 Å². The first-order valence-electron chi connectivity index (χ1n) is 4.48. The Balaban J connectivity index is 2.15. The van der Waals surface area contributed by atoms with E-state index in [1.807, 2.05) is 0 Å². The molecular formula is C8H18N2O2. The van der Waals surface area contributed by atoms with Gasteiger partial charge in [-0.15, -0.1) is 0 Å². The molecule has 0 radical (unpaired) electrons. The molecule has 1 rings (SSSR count). The molecule has 2 N–H and O–H groups in total. The molecule has 0 aromatic rings. The van der Waals surface area contributed by atoms with E-state index in [-0.39, 0.29) is 6.23 Å². The lowest BCUT2D eigenvalue weighted by molar-refractivity contribution is -0.0844. The smallest absolute Gasteiger partial charge is 0.107 e. The summed E-state index contributed by atoms with van der Waals surface area (Å²) in [7, 11) is 0. The number of nitrogens with two attached hydrogens (primary N) is 1. The summed E-state index contributed by atoms with van der Waals surface area (Å²) in [6, 6.07) is 0. The molecule has 0 spiro atoms. The van der Waals surface area contributed by atoms with Crippen LogP contribution in [0.5, 0.6) is 0 Å². The molecular weight excluding hydrogens is 156 g/mol. The van der Waals surface area contributed by atoms with Gasteiger partial charge < -0.3 is 15.2 Å². The molecule has 1 fully saturated rings. The highest BCUT2D eigenvalue weighted by Gasteiger charge is 2.16. The Morgan fingerprint density at radius 3 is 2.75 bits per heavy atom. The van der Waals surface area contributed by atoms with E-state index in [2.05, 4.69) is 11.8 Å². The molecule has 0 aliphatic carbocycles. The van der Waals surface area contributed by atoms with Crippen molar-refractivity contribution < 1.29 is 9.47 Å². The van der Waals surface area contributed by atoms with E-state index in [4.69, 9.17) is 15.2 Å². The van der Waals surface area contributed by atoms with E-state index in [9.17, 15) is 0 Å². The normalized spacial score (nSPS) is 22.5. The van der Waals surface area contributed by atoms with Crippen molar-refractivity contribution in [3.05, 3.63) is 0 Å². The van der Waals surface area contributed by atoms with Crippen molar-refractivity contribution in [1.29, 1.82) is 0 Å². The second kappa shape index (κ2) is 5.48. The summed E-state index contributed by atoms with van der Waals surface area (Å²) in [4.78, 5) is 2.26. The van der Waals surface area contributed by atoms with E-state index in [1.165, 1.54) is 0 Å². The van der Waals surface area contributed by atoms with Crippen molar-refractivity contribution in [3.8, 4) is 0 Å². The molecule has 1 unspecified atom stereocenters. The summed E-state index contributed by atoms with van der Waals surface area (Å²) in [5.41, 5.74) is 5.34. The zero-order valence-electron chi connectivity index (χ0n) is 7.66. The van der Waals surface area contributed by atoms with Crippen molar-refractivity contribution in [2.75, 3.05) is 39.5 Å². The maximum atomic E-state index is 5.48. The molecule has 0 aromatic heterocycles. The van der Waals surface area contributed by atoms with Gasteiger partial charge in [-0.3, -0.25) is 4.90 Å². The zero-order chi connectivity index (χ0) is 8.81. The van der Waals surface area contributed by atoms with Crippen LogP contribution in [-0.4, -0.2) is 50.6 Å². The minimum atomic E-state index is 0.178. The van der Waals surface area contributed by atoms with Gasteiger partial charge in [0.1, 0.15) is 6.23 Å².